The second kappa shape index (κ2) is 7.74. The maximum atomic E-state index is 12.5. The highest BCUT2D eigenvalue weighted by Gasteiger charge is 2.30. The summed E-state index contributed by atoms with van der Waals surface area (Å²) in [7, 11) is -1.64. The van der Waals surface area contributed by atoms with Crippen molar-refractivity contribution in [2.45, 2.75) is 17.1 Å². The van der Waals surface area contributed by atoms with Gasteiger partial charge in [0, 0.05) is 32.6 Å². The Balaban J connectivity index is 1.90. The predicted octanol–water partition coefficient (Wildman–Crippen LogP) is 1.23. The number of sulfonamides is 1. The van der Waals surface area contributed by atoms with E-state index in [9.17, 15) is 13.2 Å². The van der Waals surface area contributed by atoms with E-state index in [1.807, 2.05) is 7.05 Å². The van der Waals surface area contributed by atoms with Gasteiger partial charge in [-0.15, -0.1) is 11.3 Å². The number of hydrogen-bond donors (Lipinski definition) is 1. The van der Waals surface area contributed by atoms with E-state index in [0.717, 1.165) is 24.3 Å². The zero-order valence-corrected chi connectivity index (χ0v) is 14.8. The van der Waals surface area contributed by atoms with Gasteiger partial charge in [-0.1, -0.05) is 11.6 Å². The molecule has 0 unspecified atom stereocenters. The quantitative estimate of drug-likeness (QED) is 0.770. The van der Waals surface area contributed by atoms with Crippen molar-refractivity contribution >= 4 is 38.9 Å². The molecule has 0 radical (unpaired) electrons. The number of nitrogens with zero attached hydrogens (tertiary/aromatic N) is 2. The van der Waals surface area contributed by atoms with Crippen LogP contribution in [0.5, 0.6) is 0 Å². The molecule has 1 aromatic rings. The van der Waals surface area contributed by atoms with Gasteiger partial charge in [0.2, 0.25) is 5.91 Å². The standard InChI is InChI=1S/C13H20ClN3O3S2/c1-15-6-2-3-12(18)16-7-9-17(10-8-16)22(19,20)13-5-4-11(14)21-13/h4-5,15H,2-3,6-10H2,1H3. The van der Waals surface area contributed by atoms with Crippen LogP contribution < -0.4 is 5.32 Å². The Morgan fingerprint density at radius 2 is 2.00 bits per heavy atom. The lowest BCUT2D eigenvalue weighted by molar-refractivity contribution is -0.132. The zero-order chi connectivity index (χ0) is 16.2. The molecule has 22 heavy (non-hydrogen) atoms. The Kier molecular flexibility index (Phi) is 6.22. The molecule has 1 amide bonds. The Morgan fingerprint density at radius 1 is 1.32 bits per heavy atom. The molecule has 0 saturated carbocycles. The Bertz CT molecular complexity index is 610. The molecule has 0 atom stereocenters. The van der Waals surface area contributed by atoms with Crippen LogP contribution in [0.3, 0.4) is 0 Å². The average molecular weight is 366 g/mol. The lowest BCUT2D eigenvalue weighted by atomic mass is 10.2. The van der Waals surface area contributed by atoms with E-state index in [2.05, 4.69) is 5.32 Å². The van der Waals surface area contributed by atoms with E-state index in [-0.39, 0.29) is 10.1 Å². The van der Waals surface area contributed by atoms with Crippen molar-refractivity contribution in [2.24, 2.45) is 0 Å². The van der Waals surface area contributed by atoms with Gasteiger partial charge in [-0.25, -0.2) is 8.42 Å². The minimum Gasteiger partial charge on any atom is -0.340 e. The molecule has 2 rings (SSSR count). The molecule has 2 heterocycles. The van der Waals surface area contributed by atoms with Crippen LogP contribution in [0.15, 0.2) is 16.3 Å². The van der Waals surface area contributed by atoms with Gasteiger partial charge in [0.15, 0.2) is 0 Å². The molecule has 1 aliphatic rings. The summed E-state index contributed by atoms with van der Waals surface area (Å²) in [4.78, 5) is 13.8. The highest BCUT2D eigenvalue weighted by molar-refractivity contribution is 7.91. The van der Waals surface area contributed by atoms with Crippen LogP contribution in [0, 0.1) is 0 Å². The van der Waals surface area contributed by atoms with E-state index in [0.29, 0.717) is 36.9 Å². The first-order valence-electron chi connectivity index (χ1n) is 7.13. The van der Waals surface area contributed by atoms with Gasteiger partial charge in [0.1, 0.15) is 4.21 Å². The summed E-state index contributed by atoms with van der Waals surface area (Å²) in [6, 6.07) is 3.11. The van der Waals surface area contributed by atoms with Gasteiger partial charge in [0.25, 0.3) is 10.0 Å². The second-order valence-electron chi connectivity index (χ2n) is 5.05. The van der Waals surface area contributed by atoms with Crippen molar-refractivity contribution in [1.29, 1.82) is 0 Å². The molecular weight excluding hydrogens is 346 g/mol. The molecular formula is C13H20ClN3O3S2. The fourth-order valence-corrected chi connectivity index (χ4v) is 5.38. The van der Waals surface area contributed by atoms with Crippen LogP contribution in [0.2, 0.25) is 4.34 Å². The van der Waals surface area contributed by atoms with Crippen LogP contribution >= 0.6 is 22.9 Å². The lowest BCUT2D eigenvalue weighted by Gasteiger charge is -2.33. The van der Waals surface area contributed by atoms with Crippen molar-refractivity contribution in [3.63, 3.8) is 0 Å². The third kappa shape index (κ3) is 4.20. The Labute approximate surface area is 140 Å². The molecule has 1 fully saturated rings. The van der Waals surface area contributed by atoms with Gasteiger partial charge >= 0.3 is 0 Å². The van der Waals surface area contributed by atoms with Gasteiger partial charge in [-0.3, -0.25) is 4.79 Å². The number of carbonyl (C=O) groups is 1. The summed E-state index contributed by atoms with van der Waals surface area (Å²) < 4.78 is 27.0. The van der Waals surface area contributed by atoms with Gasteiger partial charge in [-0.2, -0.15) is 4.31 Å². The molecule has 6 nitrogen and oxygen atoms in total. The molecule has 0 spiro atoms. The molecule has 1 aromatic heterocycles. The minimum absolute atomic E-state index is 0.0893. The van der Waals surface area contributed by atoms with Crippen LogP contribution in [-0.2, 0) is 14.8 Å². The Hall–Kier alpha value is -0.670. The smallest absolute Gasteiger partial charge is 0.252 e. The highest BCUT2D eigenvalue weighted by atomic mass is 35.5. The van der Waals surface area contributed by atoms with Crippen molar-refractivity contribution in [1.82, 2.24) is 14.5 Å². The van der Waals surface area contributed by atoms with E-state index in [4.69, 9.17) is 11.6 Å². The normalized spacial score (nSPS) is 16.9. The minimum atomic E-state index is -3.49. The second-order valence-corrected chi connectivity index (χ2v) is 8.93. The lowest BCUT2D eigenvalue weighted by Crippen LogP contribution is -2.50. The summed E-state index contributed by atoms with van der Waals surface area (Å²) in [6.45, 7) is 2.35. The first kappa shape index (κ1) is 17.7. The number of halogens is 1. The van der Waals surface area contributed by atoms with E-state index in [1.54, 1.807) is 11.0 Å². The topological polar surface area (TPSA) is 69.7 Å². The SMILES string of the molecule is CNCCCC(=O)N1CCN(S(=O)(=O)c2ccc(Cl)s2)CC1. The molecule has 1 N–H and O–H groups in total. The number of hydrogen-bond acceptors (Lipinski definition) is 5. The zero-order valence-electron chi connectivity index (χ0n) is 12.4. The van der Waals surface area contributed by atoms with Crippen molar-refractivity contribution in [2.75, 3.05) is 39.8 Å². The molecule has 124 valence electrons. The maximum absolute atomic E-state index is 12.5. The van der Waals surface area contributed by atoms with E-state index < -0.39 is 10.0 Å². The third-order valence-corrected chi connectivity index (χ3v) is 7.15. The van der Waals surface area contributed by atoms with Crippen molar-refractivity contribution in [3.8, 4) is 0 Å². The van der Waals surface area contributed by atoms with E-state index in [1.165, 1.54) is 10.4 Å². The van der Waals surface area contributed by atoms with Crippen LogP contribution in [0.1, 0.15) is 12.8 Å². The molecule has 0 aromatic carbocycles. The van der Waals surface area contributed by atoms with Crippen LogP contribution in [-0.4, -0.2) is 63.3 Å². The van der Waals surface area contributed by atoms with Crippen molar-refractivity contribution < 1.29 is 13.2 Å². The molecule has 0 aliphatic carbocycles. The number of rotatable bonds is 6. The number of nitrogens with one attached hydrogen (secondary N) is 1. The average Bonchev–Trinajstić information content (AvgIpc) is 2.95. The first-order valence-corrected chi connectivity index (χ1v) is 9.76. The van der Waals surface area contributed by atoms with Crippen LogP contribution in [0.4, 0.5) is 0 Å². The number of piperazine rings is 1. The fourth-order valence-electron chi connectivity index (χ4n) is 2.32. The summed E-state index contributed by atoms with van der Waals surface area (Å²) >= 11 is 6.87. The van der Waals surface area contributed by atoms with Gasteiger partial charge < -0.3 is 10.2 Å². The highest BCUT2D eigenvalue weighted by Crippen LogP contribution is 2.28. The molecule has 9 heteroatoms. The third-order valence-electron chi connectivity index (χ3n) is 3.55. The molecule has 1 aliphatic heterocycles. The summed E-state index contributed by atoms with van der Waals surface area (Å²) in [5.41, 5.74) is 0. The maximum Gasteiger partial charge on any atom is 0.252 e. The number of carbonyl (C=O) groups excluding carboxylic acids is 1. The Morgan fingerprint density at radius 3 is 2.55 bits per heavy atom. The monoisotopic (exact) mass is 365 g/mol. The fraction of sp³-hybridized carbons (Fsp3) is 0.615. The first-order chi connectivity index (χ1) is 10.4. The van der Waals surface area contributed by atoms with Crippen LogP contribution in [0.25, 0.3) is 0 Å². The van der Waals surface area contributed by atoms with Gasteiger partial charge in [-0.05, 0) is 32.1 Å². The van der Waals surface area contributed by atoms with E-state index >= 15 is 0 Å². The predicted molar refractivity (Wildman–Crippen MR) is 87.8 cm³/mol. The van der Waals surface area contributed by atoms with Gasteiger partial charge in [0.05, 0.1) is 4.34 Å². The number of amides is 1. The van der Waals surface area contributed by atoms with Crippen molar-refractivity contribution in [3.05, 3.63) is 16.5 Å². The molecule has 0 bridgehead atoms. The largest absolute Gasteiger partial charge is 0.340 e. The summed E-state index contributed by atoms with van der Waals surface area (Å²) in [5, 5.41) is 3.01. The summed E-state index contributed by atoms with van der Waals surface area (Å²) in [6.07, 6.45) is 1.29. The molecule has 1 saturated heterocycles. The number of thiophene rings is 1. The summed E-state index contributed by atoms with van der Waals surface area (Å²) in [5.74, 6) is 0.0893.